The molecule has 3 heteroatoms. The SMILES string of the molecule is CCCNC(CCC1CCOC2(CCOC2)C1)C1CC1. The normalized spacial score (nSPS) is 35.5. The van der Waals surface area contributed by atoms with E-state index in [9.17, 15) is 0 Å². The van der Waals surface area contributed by atoms with Crippen LogP contribution in [0.3, 0.4) is 0 Å². The summed E-state index contributed by atoms with van der Waals surface area (Å²) in [4.78, 5) is 0. The van der Waals surface area contributed by atoms with Crippen LogP contribution in [0.4, 0.5) is 0 Å². The highest BCUT2D eigenvalue weighted by molar-refractivity contribution is 4.92. The molecule has 3 nitrogen and oxygen atoms in total. The van der Waals surface area contributed by atoms with Crippen molar-refractivity contribution in [2.45, 2.75) is 69.9 Å². The first-order chi connectivity index (χ1) is 9.81. The summed E-state index contributed by atoms with van der Waals surface area (Å²) in [7, 11) is 0. The van der Waals surface area contributed by atoms with E-state index in [2.05, 4.69) is 12.2 Å². The van der Waals surface area contributed by atoms with E-state index in [1.807, 2.05) is 0 Å². The Balaban J connectivity index is 1.44. The predicted molar refractivity (Wildman–Crippen MR) is 80.9 cm³/mol. The molecule has 2 aliphatic heterocycles. The standard InChI is InChI=1S/C17H31NO2/c1-2-9-18-16(15-4-5-15)6-3-14-7-10-20-17(12-14)8-11-19-13-17/h14-16,18H,2-13H2,1H3. The van der Waals surface area contributed by atoms with E-state index >= 15 is 0 Å². The zero-order valence-electron chi connectivity index (χ0n) is 13.0. The fraction of sp³-hybridized carbons (Fsp3) is 1.00. The van der Waals surface area contributed by atoms with Gasteiger partial charge in [0.05, 0.1) is 12.2 Å². The summed E-state index contributed by atoms with van der Waals surface area (Å²) in [6.45, 7) is 6.13. The summed E-state index contributed by atoms with van der Waals surface area (Å²) in [6.07, 6.45) is 10.5. The molecule has 20 heavy (non-hydrogen) atoms. The van der Waals surface area contributed by atoms with Crippen LogP contribution in [0.15, 0.2) is 0 Å². The predicted octanol–water partition coefficient (Wildman–Crippen LogP) is 3.13. The van der Waals surface area contributed by atoms with E-state index in [4.69, 9.17) is 9.47 Å². The second kappa shape index (κ2) is 6.76. The van der Waals surface area contributed by atoms with Gasteiger partial charge in [0.15, 0.2) is 0 Å². The summed E-state index contributed by atoms with van der Waals surface area (Å²) >= 11 is 0. The highest BCUT2D eigenvalue weighted by Crippen LogP contribution is 2.39. The minimum Gasteiger partial charge on any atom is -0.378 e. The third-order valence-corrected chi connectivity index (χ3v) is 5.40. The van der Waals surface area contributed by atoms with Crippen molar-refractivity contribution in [1.82, 2.24) is 5.32 Å². The molecule has 116 valence electrons. The molecule has 0 aromatic carbocycles. The van der Waals surface area contributed by atoms with E-state index in [1.165, 1.54) is 51.5 Å². The third-order valence-electron chi connectivity index (χ3n) is 5.40. The van der Waals surface area contributed by atoms with E-state index in [-0.39, 0.29) is 5.60 Å². The van der Waals surface area contributed by atoms with Gasteiger partial charge in [-0.05, 0) is 63.3 Å². The Morgan fingerprint density at radius 1 is 1.25 bits per heavy atom. The minimum absolute atomic E-state index is 0.0921. The first kappa shape index (κ1) is 14.8. The number of hydrogen-bond acceptors (Lipinski definition) is 3. The topological polar surface area (TPSA) is 30.5 Å². The number of nitrogens with one attached hydrogen (secondary N) is 1. The first-order valence-electron chi connectivity index (χ1n) is 8.76. The van der Waals surface area contributed by atoms with Gasteiger partial charge in [0.1, 0.15) is 0 Å². The number of hydrogen-bond donors (Lipinski definition) is 1. The van der Waals surface area contributed by atoms with Gasteiger partial charge in [0.25, 0.3) is 0 Å². The van der Waals surface area contributed by atoms with E-state index in [0.29, 0.717) is 0 Å². The molecule has 1 spiro atoms. The molecule has 3 atom stereocenters. The van der Waals surface area contributed by atoms with Gasteiger partial charge >= 0.3 is 0 Å². The lowest BCUT2D eigenvalue weighted by Gasteiger charge is -2.37. The molecule has 1 aliphatic carbocycles. The quantitative estimate of drug-likeness (QED) is 0.777. The van der Waals surface area contributed by atoms with Crippen LogP contribution < -0.4 is 5.32 Å². The van der Waals surface area contributed by atoms with Crippen molar-refractivity contribution >= 4 is 0 Å². The molecule has 0 amide bonds. The molecule has 0 aromatic heterocycles. The van der Waals surface area contributed by atoms with Crippen LogP contribution in [0.5, 0.6) is 0 Å². The fourth-order valence-electron chi connectivity index (χ4n) is 3.99. The van der Waals surface area contributed by atoms with Crippen LogP contribution in [0, 0.1) is 11.8 Å². The Labute approximate surface area is 123 Å². The fourth-order valence-corrected chi connectivity index (χ4v) is 3.99. The lowest BCUT2D eigenvalue weighted by Crippen LogP contribution is -2.41. The summed E-state index contributed by atoms with van der Waals surface area (Å²) < 4.78 is 11.6. The summed E-state index contributed by atoms with van der Waals surface area (Å²) in [5, 5.41) is 3.78. The van der Waals surface area contributed by atoms with Crippen molar-refractivity contribution in [3.63, 3.8) is 0 Å². The molecule has 0 radical (unpaired) electrons. The van der Waals surface area contributed by atoms with Gasteiger partial charge in [0.2, 0.25) is 0 Å². The largest absolute Gasteiger partial charge is 0.378 e. The first-order valence-corrected chi connectivity index (χ1v) is 8.76. The van der Waals surface area contributed by atoms with Gasteiger partial charge in [0, 0.05) is 25.7 Å². The Hall–Kier alpha value is -0.120. The van der Waals surface area contributed by atoms with Crippen molar-refractivity contribution in [3.05, 3.63) is 0 Å². The summed E-state index contributed by atoms with van der Waals surface area (Å²) in [6, 6.07) is 0.786. The van der Waals surface area contributed by atoms with Gasteiger partial charge in [-0.2, -0.15) is 0 Å². The Kier molecular flexibility index (Phi) is 5.00. The zero-order chi connectivity index (χ0) is 13.8. The van der Waals surface area contributed by atoms with Gasteiger partial charge in [-0.1, -0.05) is 6.92 Å². The maximum Gasteiger partial charge on any atom is 0.0939 e. The minimum atomic E-state index is 0.0921. The summed E-state index contributed by atoms with van der Waals surface area (Å²) in [5.74, 6) is 1.83. The third kappa shape index (κ3) is 3.75. The second-order valence-corrected chi connectivity index (χ2v) is 7.17. The van der Waals surface area contributed by atoms with Crippen molar-refractivity contribution < 1.29 is 9.47 Å². The molecular weight excluding hydrogens is 250 g/mol. The molecule has 3 rings (SSSR count). The molecule has 0 aromatic rings. The lowest BCUT2D eigenvalue weighted by molar-refractivity contribution is -0.0992. The van der Waals surface area contributed by atoms with Crippen LogP contribution in [-0.4, -0.2) is 38.0 Å². The van der Waals surface area contributed by atoms with Crippen molar-refractivity contribution in [2.75, 3.05) is 26.4 Å². The Morgan fingerprint density at radius 2 is 2.15 bits per heavy atom. The van der Waals surface area contributed by atoms with Gasteiger partial charge in [-0.15, -0.1) is 0 Å². The highest BCUT2D eigenvalue weighted by atomic mass is 16.6. The van der Waals surface area contributed by atoms with Gasteiger partial charge < -0.3 is 14.8 Å². The van der Waals surface area contributed by atoms with Crippen molar-refractivity contribution in [3.8, 4) is 0 Å². The molecule has 3 fully saturated rings. The molecule has 2 saturated heterocycles. The number of ether oxygens (including phenoxy) is 2. The molecular formula is C17H31NO2. The smallest absolute Gasteiger partial charge is 0.0939 e. The Bertz CT molecular complexity index is 297. The van der Waals surface area contributed by atoms with Crippen molar-refractivity contribution in [2.24, 2.45) is 11.8 Å². The molecule has 0 bridgehead atoms. The maximum absolute atomic E-state index is 6.05. The molecule has 3 unspecified atom stereocenters. The average molecular weight is 281 g/mol. The average Bonchev–Trinajstić information content (AvgIpc) is 3.21. The van der Waals surface area contributed by atoms with E-state index in [1.54, 1.807) is 0 Å². The number of rotatable bonds is 7. The molecule has 3 aliphatic rings. The van der Waals surface area contributed by atoms with Crippen LogP contribution >= 0.6 is 0 Å². The molecule has 2 heterocycles. The summed E-state index contributed by atoms with van der Waals surface area (Å²) in [5.41, 5.74) is 0.0921. The highest BCUT2D eigenvalue weighted by Gasteiger charge is 2.41. The van der Waals surface area contributed by atoms with Crippen LogP contribution in [0.2, 0.25) is 0 Å². The van der Waals surface area contributed by atoms with E-state index < -0.39 is 0 Å². The zero-order valence-corrected chi connectivity index (χ0v) is 13.0. The second-order valence-electron chi connectivity index (χ2n) is 7.17. The van der Waals surface area contributed by atoms with E-state index in [0.717, 1.165) is 44.1 Å². The molecule has 1 saturated carbocycles. The van der Waals surface area contributed by atoms with Gasteiger partial charge in [-0.25, -0.2) is 0 Å². The monoisotopic (exact) mass is 281 g/mol. The molecule has 1 N–H and O–H groups in total. The van der Waals surface area contributed by atoms with Crippen LogP contribution in [0.25, 0.3) is 0 Å². The lowest BCUT2D eigenvalue weighted by atomic mass is 9.82. The Morgan fingerprint density at radius 3 is 2.85 bits per heavy atom. The van der Waals surface area contributed by atoms with Crippen LogP contribution in [0.1, 0.15) is 58.3 Å². The van der Waals surface area contributed by atoms with Crippen LogP contribution in [-0.2, 0) is 9.47 Å². The van der Waals surface area contributed by atoms with Gasteiger partial charge in [-0.3, -0.25) is 0 Å². The maximum atomic E-state index is 6.05. The van der Waals surface area contributed by atoms with Crippen molar-refractivity contribution in [1.29, 1.82) is 0 Å².